The molecule has 0 spiro atoms. The van der Waals surface area contributed by atoms with Gasteiger partial charge in [-0.1, -0.05) is 54.4 Å². The second-order valence-electron chi connectivity index (χ2n) is 11.1. The minimum Gasteiger partial charge on any atom is -0.481 e. The van der Waals surface area contributed by atoms with Crippen LogP contribution in [0.4, 0.5) is 4.39 Å². The smallest absolute Gasteiger partial charge is 0.303 e. The van der Waals surface area contributed by atoms with Gasteiger partial charge >= 0.3 is 5.97 Å². The molecule has 10 heteroatoms. The fourth-order valence-corrected chi connectivity index (χ4v) is 6.95. The fraction of sp³-hybridized carbons (Fsp3) is 0.394. The third-order valence-electron chi connectivity index (χ3n) is 8.88. The van der Waals surface area contributed by atoms with Crippen molar-refractivity contribution in [2.45, 2.75) is 56.4 Å². The van der Waals surface area contributed by atoms with E-state index in [4.69, 9.17) is 32.7 Å². The quantitative estimate of drug-likeness (QED) is 0.249. The third-order valence-corrected chi connectivity index (χ3v) is 9.39. The number of carbonyl (C=O) groups excluding carboxylic acids is 1. The molecular weight excluding hydrogens is 596 g/mol. The van der Waals surface area contributed by atoms with Gasteiger partial charge in [-0.3, -0.25) is 14.5 Å². The number of carboxylic acids is 1. The first-order chi connectivity index (χ1) is 20.6. The van der Waals surface area contributed by atoms with E-state index in [-0.39, 0.29) is 29.9 Å². The Morgan fingerprint density at radius 1 is 1.12 bits per heavy atom. The molecule has 0 saturated carbocycles. The molecule has 228 valence electrons. The van der Waals surface area contributed by atoms with E-state index in [1.807, 2.05) is 6.92 Å². The predicted octanol–water partition coefficient (Wildman–Crippen LogP) is 7.07. The van der Waals surface area contributed by atoms with Crippen molar-refractivity contribution < 1.29 is 33.7 Å². The molecule has 3 aromatic rings. The summed E-state index contributed by atoms with van der Waals surface area (Å²) in [5, 5.41) is 22.5. The van der Waals surface area contributed by atoms with Crippen LogP contribution in [0.15, 0.2) is 60.7 Å². The summed E-state index contributed by atoms with van der Waals surface area (Å²) in [4.78, 5) is 27.8. The van der Waals surface area contributed by atoms with E-state index in [1.165, 1.54) is 18.1 Å². The molecule has 0 aromatic heterocycles. The number of nitrogens with zero attached hydrogens (tertiary/aromatic N) is 1. The predicted molar refractivity (Wildman–Crippen MR) is 161 cm³/mol. The number of benzene rings is 3. The summed E-state index contributed by atoms with van der Waals surface area (Å²) in [5.74, 6) is -2.50. The molecule has 2 N–H and O–H groups in total. The summed E-state index contributed by atoms with van der Waals surface area (Å²) >= 11 is 12.4. The number of rotatable bonds is 10. The molecule has 7 nitrogen and oxygen atoms in total. The Morgan fingerprint density at radius 3 is 2.28 bits per heavy atom. The standard InChI is InChI=1S/C33H34Cl2FNO6/c1-3-32(41,21-14-16-43-17-15-21)23-18-26-30(27(36)19-23)33(42-2,22-6-10-25(35)11-7-22)37(31(26)40)28(12-13-29(38)39)20-4-8-24(34)9-5-20/h4-11,18-19,21,28,41H,3,12-17H2,1-2H3,(H,38,39)/t28-,32-,33+/m0/s1. The second kappa shape index (κ2) is 12.5. The molecule has 0 radical (unpaired) electrons. The van der Waals surface area contributed by atoms with Gasteiger partial charge in [0, 0.05) is 42.4 Å². The van der Waals surface area contributed by atoms with Gasteiger partial charge in [0.15, 0.2) is 5.72 Å². The lowest BCUT2D eigenvalue weighted by atomic mass is 9.74. The van der Waals surface area contributed by atoms with Crippen LogP contribution in [0.25, 0.3) is 0 Å². The molecule has 1 amide bonds. The summed E-state index contributed by atoms with van der Waals surface area (Å²) in [6.45, 7) is 2.82. The minimum atomic E-state index is -1.77. The van der Waals surface area contributed by atoms with E-state index in [0.717, 1.165) is 0 Å². The summed E-state index contributed by atoms with van der Waals surface area (Å²) in [5.41, 5.74) is -1.78. The van der Waals surface area contributed by atoms with Crippen LogP contribution in [0.2, 0.25) is 10.0 Å². The van der Waals surface area contributed by atoms with Gasteiger partial charge < -0.3 is 19.7 Å². The average Bonchev–Trinajstić information content (AvgIpc) is 3.27. The summed E-state index contributed by atoms with van der Waals surface area (Å²) in [6.07, 6.45) is 1.27. The van der Waals surface area contributed by atoms with Crippen LogP contribution in [-0.2, 0) is 25.6 Å². The van der Waals surface area contributed by atoms with E-state index in [9.17, 15) is 19.8 Å². The van der Waals surface area contributed by atoms with Gasteiger partial charge in [0.1, 0.15) is 5.82 Å². The van der Waals surface area contributed by atoms with Crippen LogP contribution in [-0.4, -0.2) is 47.3 Å². The Morgan fingerprint density at radius 2 is 1.72 bits per heavy atom. The molecular formula is C33H34Cl2FNO6. The maximum absolute atomic E-state index is 16.7. The fourth-order valence-electron chi connectivity index (χ4n) is 6.70. The lowest BCUT2D eigenvalue weighted by Crippen LogP contribution is -2.48. The van der Waals surface area contributed by atoms with Crippen molar-refractivity contribution in [3.05, 3.63) is 104 Å². The first kappa shape index (κ1) is 31.4. The average molecular weight is 631 g/mol. The van der Waals surface area contributed by atoms with Gasteiger partial charge in [-0.05, 0) is 79.1 Å². The summed E-state index contributed by atoms with van der Waals surface area (Å²) < 4.78 is 28.4. The van der Waals surface area contributed by atoms with Crippen LogP contribution in [0.5, 0.6) is 0 Å². The number of halogens is 3. The number of aliphatic carboxylic acids is 1. The zero-order valence-electron chi connectivity index (χ0n) is 24.0. The summed E-state index contributed by atoms with van der Waals surface area (Å²) in [6, 6.07) is 15.3. The van der Waals surface area contributed by atoms with E-state index in [0.29, 0.717) is 59.2 Å². The molecule has 3 aromatic carbocycles. The SMILES string of the molecule is CC[C@@](O)(c1cc(F)c2c(c1)C(=O)N([C@@H](CCC(=O)O)c1ccc(Cl)cc1)[C@@]2(OC)c1ccc(Cl)cc1)C1CCOCC1. The first-order valence-electron chi connectivity index (χ1n) is 14.3. The molecule has 0 bridgehead atoms. The monoisotopic (exact) mass is 629 g/mol. The van der Waals surface area contributed by atoms with Gasteiger partial charge in [-0.25, -0.2) is 4.39 Å². The van der Waals surface area contributed by atoms with E-state index in [1.54, 1.807) is 54.6 Å². The van der Waals surface area contributed by atoms with E-state index >= 15 is 4.39 Å². The number of amides is 1. The maximum atomic E-state index is 16.7. The van der Waals surface area contributed by atoms with Gasteiger partial charge in [-0.2, -0.15) is 0 Å². The van der Waals surface area contributed by atoms with Crippen molar-refractivity contribution in [3.8, 4) is 0 Å². The van der Waals surface area contributed by atoms with Gasteiger partial charge in [-0.15, -0.1) is 0 Å². The van der Waals surface area contributed by atoms with Crippen LogP contribution < -0.4 is 0 Å². The first-order valence-corrected chi connectivity index (χ1v) is 15.1. The van der Waals surface area contributed by atoms with Crippen LogP contribution in [0.3, 0.4) is 0 Å². The molecule has 3 atom stereocenters. The van der Waals surface area contributed by atoms with Gasteiger partial charge in [0.05, 0.1) is 22.8 Å². The minimum absolute atomic E-state index is 0.00853. The number of fused-ring (bicyclic) bond motifs is 1. The highest BCUT2D eigenvalue weighted by atomic mass is 35.5. The highest BCUT2D eigenvalue weighted by molar-refractivity contribution is 6.30. The second-order valence-corrected chi connectivity index (χ2v) is 11.9. The van der Waals surface area contributed by atoms with Crippen LogP contribution >= 0.6 is 23.2 Å². The van der Waals surface area contributed by atoms with E-state index < -0.39 is 35.1 Å². The van der Waals surface area contributed by atoms with Crippen molar-refractivity contribution in [3.63, 3.8) is 0 Å². The molecule has 43 heavy (non-hydrogen) atoms. The van der Waals surface area contributed by atoms with E-state index in [2.05, 4.69) is 0 Å². The molecule has 1 fully saturated rings. The Hall–Kier alpha value is -3.01. The number of methoxy groups -OCH3 is 1. The highest BCUT2D eigenvalue weighted by Crippen LogP contribution is 2.52. The van der Waals surface area contributed by atoms with Gasteiger partial charge in [0.25, 0.3) is 5.91 Å². The van der Waals surface area contributed by atoms with Crippen LogP contribution in [0, 0.1) is 11.7 Å². The topological polar surface area (TPSA) is 96.3 Å². The van der Waals surface area contributed by atoms with Crippen LogP contribution in [0.1, 0.15) is 77.7 Å². The Kier molecular flexibility index (Phi) is 9.16. The number of aliphatic hydroxyl groups is 1. The van der Waals surface area contributed by atoms with Crippen molar-refractivity contribution in [1.29, 1.82) is 0 Å². The number of hydrogen-bond acceptors (Lipinski definition) is 5. The highest BCUT2D eigenvalue weighted by Gasteiger charge is 2.57. The molecule has 1 saturated heterocycles. The number of carboxylic acid groups (broad SMARTS) is 1. The lowest BCUT2D eigenvalue weighted by Gasteiger charge is -2.43. The molecule has 2 aliphatic rings. The van der Waals surface area contributed by atoms with Crippen molar-refractivity contribution in [1.82, 2.24) is 4.90 Å². The molecule has 0 unspecified atom stereocenters. The van der Waals surface area contributed by atoms with Gasteiger partial charge in [0.2, 0.25) is 0 Å². The third kappa shape index (κ3) is 5.56. The Balaban J connectivity index is 1.75. The molecule has 5 rings (SSSR count). The number of carbonyl (C=O) groups is 2. The number of ether oxygens (including phenoxy) is 2. The molecule has 2 aliphatic heterocycles. The largest absolute Gasteiger partial charge is 0.481 e. The Labute approximate surface area is 260 Å². The molecule has 0 aliphatic carbocycles. The normalized spacial score (nSPS) is 21.0. The Bertz CT molecular complexity index is 1490. The number of hydrogen-bond donors (Lipinski definition) is 2. The van der Waals surface area contributed by atoms with Crippen molar-refractivity contribution in [2.24, 2.45) is 5.92 Å². The molecule has 2 heterocycles. The maximum Gasteiger partial charge on any atom is 0.303 e. The lowest BCUT2D eigenvalue weighted by molar-refractivity contribution is -0.138. The zero-order valence-corrected chi connectivity index (χ0v) is 25.5. The summed E-state index contributed by atoms with van der Waals surface area (Å²) in [7, 11) is 1.39. The van der Waals surface area contributed by atoms with Crippen molar-refractivity contribution in [2.75, 3.05) is 20.3 Å². The van der Waals surface area contributed by atoms with Crippen molar-refractivity contribution >= 4 is 35.1 Å². The zero-order chi connectivity index (χ0) is 30.9.